The summed E-state index contributed by atoms with van der Waals surface area (Å²) in [6.07, 6.45) is 2.27. The largest absolute Gasteiger partial charge is 0.350 e. The lowest BCUT2D eigenvalue weighted by Crippen LogP contribution is -2.76. The maximum atomic E-state index is 13.9. The standard InChI is InChI=1S/C27H33Cl2N3O/c1-17(2)10-22-20-12-21-16-32(15-19-8-9-23(28)24(29)11-19)25(22)27(21,31-14-20)26(33)30-13-18-6-4-3-5-7-18/h3-9,11,17,20-22,25,31H,10,12-16H2,1-2H3,(H,30,33). The second-order valence-corrected chi connectivity index (χ2v) is 11.3. The molecule has 6 rings (SSSR count). The quantitative estimate of drug-likeness (QED) is 0.570. The van der Waals surface area contributed by atoms with Gasteiger partial charge < -0.3 is 10.6 Å². The van der Waals surface area contributed by atoms with Crippen molar-refractivity contribution in [2.75, 3.05) is 13.1 Å². The third-order valence-electron chi connectivity index (χ3n) is 8.00. The summed E-state index contributed by atoms with van der Waals surface area (Å²) in [4.78, 5) is 16.4. The molecule has 3 aliphatic heterocycles. The first-order chi connectivity index (χ1) is 15.9. The second kappa shape index (κ2) is 9.22. The normalized spacial score (nSPS) is 30.7. The molecule has 33 heavy (non-hydrogen) atoms. The lowest BCUT2D eigenvalue weighted by atomic mass is 9.58. The minimum absolute atomic E-state index is 0.157. The van der Waals surface area contributed by atoms with Crippen molar-refractivity contribution in [3.8, 4) is 0 Å². The SMILES string of the molecule is CC(C)CC1C2CNC3(C(=O)NCc4ccccc4)C(C2)CN(Cc2ccc(Cl)c(Cl)c2)C13. The maximum absolute atomic E-state index is 13.9. The van der Waals surface area contributed by atoms with Gasteiger partial charge in [-0.3, -0.25) is 9.69 Å². The maximum Gasteiger partial charge on any atom is 0.242 e. The first kappa shape index (κ1) is 23.2. The summed E-state index contributed by atoms with van der Waals surface area (Å²) in [7, 11) is 0. The number of halogens is 2. The number of nitrogens with one attached hydrogen (secondary N) is 2. The van der Waals surface area contributed by atoms with Crippen LogP contribution in [0.2, 0.25) is 10.0 Å². The van der Waals surface area contributed by atoms with Crippen LogP contribution in [0.25, 0.3) is 0 Å². The number of hydrogen-bond acceptors (Lipinski definition) is 3. The molecular formula is C27H33Cl2N3O. The van der Waals surface area contributed by atoms with Gasteiger partial charge in [-0.25, -0.2) is 0 Å². The lowest BCUT2D eigenvalue weighted by Gasteiger charge is -2.56. The molecule has 2 aromatic rings. The van der Waals surface area contributed by atoms with E-state index < -0.39 is 5.54 Å². The molecule has 1 saturated carbocycles. The highest BCUT2D eigenvalue weighted by atomic mass is 35.5. The van der Waals surface area contributed by atoms with Gasteiger partial charge in [-0.1, -0.05) is 73.4 Å². The van der Waals surface area contributed by atoms with Crippen LogP contribution < -0.4 is 10.6 Å². The Hall–Kier alpha value is -1.59. The van der Waals surface area contributed by atoms with Crippen LogP contribution in [0.1, 0.15) is 37.8 Å². The molecule has 2 aromatic carbocycles. The molecule has 4 fully saturated rings. The first-order valence-corrected chi connectivity index (χ1v) is 12.9. The highest BCUT2D eigenvalue weighted by Gasteiger charge is 2.67. The number of carbonyl (C=O) groups is 1. The van der Waals surface area contributed by atoms with E-state index in [1.807, 2.05) is 30.3 Å². The van der Waals surface area contributed by atoms with Gasteiger partial charge in [0.15, 0.2) is 0 Å². The van der Waals surface area contributed by atoms with Gasteiger partial charge in [-0.2, -0.15) is 0 Å². The fraction of sp³-hybridized carbons (Fsp3) is 0.519. The Morgan fingerprint density at radius 2 is 1.94 bits per heavy atom. The van der Waals surface area contributed by atoms with E-state index in [1.54, 1.807) is 0 Å². The number of amides is 1. The van der Waals surface area contributed by atoms with Crippen molar-refractivity contribution in [2.24, 2.45) is 23.7 Å². The van der Waals surface area contributed by atoms with Crippen LogP contribution in [0.4, 0.5) is 0 Å². The highest BCUT2D eigenvalue weighted by Crippen LogP contribution is 2.54. The molecule has 3 saturated heterocycles. The average molecular weight is 486 g/mol. The van der Waals surface area contributed by atoms with E-state index >= 15 is 0 Å². The topological polar surface area (TPSA) is 44.4 Å². The first-order valence-electron chi connectivity index (χ1n) is 12.1. The van der Waals surface area contributed by atoms with E-state index in [0.29, 0.717) is 40.3 Å². The number of rotatable bonds is 7. The van der Waals surface area contributed by atoms with Gasteiger partial charge in [0, 0.05) is 31.6 Å². The molecule has 5 atom stereocenters. The molecule has 4 aliphatic rings. The van der Waals surface area contributed by atoms with Gasteiger partial charge in [-0.15, -0.1) is 0 Å². The van der Waals surface area contributed by atoms with Crippen LogP contribution in [0.15, 0.2) is 48.5 Å². The van der Waals surface area contributed by atoms with Gasteiger partial charge >= 0.3 is 0 Å². The predicted octanol–water partition coefficient (Wildman–Crippen LogP) is 5.13. The Morgan fingerprint density at radius 1 is 1.15 bits per heavy atom. The monoisotopic (exact) mass is 485 g/mol. The Kier molecular flexibility index (Phi) is 6.47. The van der Waals surface area contributed by atoms with Crippen LogP contribution >= 0.6 is 23.2 Å². The minimum atomic E-state index is -0.528. The van der Waals surface area contributed by atoms with E-state index in [0.717, 1.165) is 43.6 Å². The zero-order valence-electron chi connectivity index (χ0n) is 19.4. The third kappa shape index (κ3) is 4.20. The smallest absolute Gasteiger partial charge is 0.242 e. The molecule has 3 heterocycles. The molecule has 0 aromatic heterocycles. The van der Waals surface area contributed by atoms with Crippen molar-refractivity contribution >= 4 is 29.1 Å². The van der Waals surface area contributed by atoms with Crippen LogP contribution in [-0.2, 0) is 17.9 Å². The molecule has 0 spiro atoms. The zero-order valence-corrected chi connectivity index (χ0v) is 20.9. The number of piperidine rings is 2. The van der Waals surface area contributed by atoms with Crippen LogP contribution in [0.3, 0.4) is 0 Å². The Balaban J connectivity index is 1.44. The molecule has 0 radical (unpaired) electrons. The highest BCUT2D eigenvalue weighted by molar-refractivity contribution is 6.42. The fourth-order valence-electron chi connectivity index (χ4n) is 6.75. The van der Waals surface area contributed by atoms with Gasteiger partial charge in [0.25, 0.3) is 0 Å². The number of hydrogen-bond donors (Lipinski definition) is 2. The summed E-state index contributed by atoms with van der Waals surface area (Å²) in [5.41, 5.74) is 1.75. The van der Waals surface area contributed by atoms with E-state index in [-0.39, 0.29) is 11.9 Å². The molecule has 1 amide bonds. The fourth-order valence-corrected chi connectivity index (χ4v) is 7.07. The summed E-state index contributed by atoms with van der Waals surface area (Å²) < 4.78 is 0. The average Bonchev–Trinajstić information content (AvgIpc) is 3.06. The van der Waals surface area contributed by atoms with Gasteiger partial charge in [0.1, 0.15) is 5.54 Å². The molecule has 6 heteroatoms. The van der Waals surface area contributed by atoms with Crippen molar-refractivity contribution in [3.63, 3.8) is 0 Å². The number of nitrogens with zero attached hydrogens (tertiary/aromatic N) is 1. The van der Waals surface area contributed by atoms with Crippen molar-refractivity contribution in [1.82, 2.24) is 15.5 Å². The van der Waals surface area contributed by atoms with Crippen LogP contribution in [-0.4, -0.2) is 35.5 Å². The molecule has 1 aliphatic carbocycles. The van der Waals surface area contributed by atoms with Crippen LogP contribution in [0.5, 0.6) is 0 Å². The molecule has 4 bridgehead atoms. The van der Waals surface area contributed by atoms with E-state index in [2.05, 4.69) is 47.6 Å². The zero-order chi connectivity index (χ0) is 23.2. The molecule has 2 N–H and O–H groups in total. The van der Waals surface area contributed by atoms with Crippen molar-refractivity contribution in [3.05, 3.63) is 69.7 Å². The van der Waals surface area contributed by atoms with Crippen molar-refractivity contribution in [2.45, 2.75) is 51.4 Å². The molecule has 176 valence electrons. The molecular weight excluding hydrogens is 453 g/mol. The van der Waals surface area contributed by atoms with E-state index in [4.69, 9.17) is 23.2 Å². The molecule has 4 nitrogen and oxygen atoms in total. The Morgan fingerprint density at radius 3 is 2.67 bits per heavy atom. The summed E-state index contributed by atoms with van der Waals surface area (Å²) >= 11 is 12.5. The number of likely N-dealkylation sites (tertiary alicyclic amines) is 1. The van der Waals surface area contributed by atoms with Gasteiger partial charge in [0.2, 0.25) is 5.91 Å². The van der Waals surface area contributed by atoms with E-state index in [1.165, 1.54) is 0 Å². The summed E-state index contributed by atoms with van der Waals surface area (Å²) in [5.74, 6) is 2.22. The summed E-state index contributed by atoms with van der Waals surface area (Å²) in [5, 5.41) is 8.23. The Labute approximate surface area is 207 Å². The van der Waals surface area contributed by atoms with Gasteiger partial charge in [0.05, 0.1) is 10.0 Å². The van der Waals surface area contributed by atoms with Crippen LogP contribution in [0, 0.1) is 23.7 Å². The lowest BCUT2D eigenvalue weighted by molar-refractivity contribution is -0.139. The van der Waals surface area contributed by atoms with Crippen molar-refractivity contribution in [1.29, 1.82) is 0 Å². The van der Waals surface area contributed by atoms with E-state index in [9.17, 15) is 4.79 Å². The molecule has 5 unspecified atom stereocenters. The Bertz CT molecular complexity index is 1010. The minimum Gasteiger partial charge on any atom is -0.350 e. The van der Waals surface area contributed by atoms with Gasteiger partial charge in [-0.05, 0) is 60.4 Å². The van der Waals surface area contributed by atoms with Crippen molar-refractivity contribution < 1.29 is 4.79 Å². The number of fused-ring (bicyclic) bond motifs is 1. The third-order valence-corrected chi connectivity index (χ3v) is 8.74. The predicted molar refractivity (Wildman–Crippen MR) is 134 cm³/mol. The summed E-state index contributed by atoms with van der Waals surface area (Å²) in [6.45, 7) is 7.81. The second-order valence-electron chi connectivity index (χ2n) is 10.5. The summed E-state index contributed by atoms with van der Waals surface area (Å²) in [6, 6.07) is 16.3. The number of benzene rings is 2. The number of carbonyl (C=O) groups excluding carboxylic acids is 1.